The van der Waals surface area contributed by atoms with Crippen molar-refractivity contribution in [2.24, 2.45) is 11.8 Å². The Balaban J connectivity index is 1.49. The predicted molar refractivity (Wildman–Crippen MR) is 94.5 cm³/mol. The van der Waals surface area contributed by atoms with Crippen molar-refractivity contribution in [3.05, 3.63) is 53.7 Å². The van der Waals surface area contributed by atoms with Gasteiger partial charge in [0.15, 0.2) is 5.76 Å². The van der Waals surface area contributed by atoms with Crippen LogP contribution in [0.25, 0.3) is 0 Å². The van der Waals surface area contributed by atoms with E-state index < -0.39 is 0 Å². The number of amides is 1. The van der Waals surface area contributed by atoms with Crippen LogP contribution < -0.4 is 10.1 Å². The molecule has 1 aromatic carbocycles. The highest BCUT2D eigenvalue weighted by Crippen LogP contribution is 2.26. The monoisotopic (exact) mass is 361 g/mol. The minimum atomic E-state index is -0.318. The lowest BCUT2D eigenvalue weighted by molar-refractivity contribution is 0.0531. The van der Waals surface area contributed by atoms with Gasteiger partial charge in [0.25, 0.3) is 5.91 Å². The Hall–Kier alpha value is -2.34. The fourth-order valence-corrected chi connectivity index (χ4v) is 3.18. The third kappa shape index (κ3) is 4.64. The van der Waals surface area contributed by atoms with E-state index in [1.807, 2.05) is 0 Å². The third-order valence-corrected chi connectivity index (χ3v) is 4.53. The third-order valence-electron chi connectivity index (χ3n) is 4.53. The number of hydrogen-bond acceptors (Lipinski definition) is 4. The predicted octanol–water partition coefficient (Wildman–Crippen LogP) is 3.79. The van der Waals surface area contributed by atoms with E-state index in [9.17, 15) is 9.18 Å². The minimum absolute atomic E-state index is 0.171. The summed E-state index contributed by atoms with van der Waals surface area (Å²) in [7, 11) is 0. The van der Waals surface area contributed by atoms with Crippen molar-refractivity contribution in [3.63, 3.8) is 0 Å². The standard InChI is InChI=1S/C20H24FNO4/c1-13(2)19-14(9-10-24-19)11-22-20(23)18-8-7-17(26-18)12-25-16-5-3-15(21)4-6-16/h3-8,13-14,19H,9-12H2,1-2H3,(H,22,23)/t14-,19-/m1/s1. The maximum absolute atomic E-state index is 12.9. The number of carbonyl (C=O) groups is 1. The maximum Gasteiger partial charge on any atom is 0.287 e. The van der Waals surface area contributed by atoms with Gasteiger partial charge in [0.2, 0.25) is 0 Å². The molecule has 1 N–H and O–H groups in total. The van der Waals surface area contributed by atoms with E-state index in [1.165, 1.54) is 12.1 Å². The molecule has 0 bridgehead atoms. The largest absolute Gasteiger partial charge is 0.486 e. The zero-order valence-electron chi connectivity index (χ0n) is 15.0. The van der Waals surface area contributed by atoms with E-state index in [0.29, 0.717) is 29.9 Å². The molecular formula is C20H24FNO4. The molecule has 5 nitrogen and oxygen atoms in total. The Labute approximate surface area is 152 Å². The first-order valence-electron chi connectivity index (χ1n) is 8.90. The van der Waals surface area contributed by atoms with Crippen molar-refractivity contribution >= 4 is 5.91 Å². The summed E-state index contributed by atoms with van der Waals surface area (Å²) >= 11 is 0. The SMILES string of the molecule is CC(C)[C@H]1OCC[C@@H]1CNC(=O)c1ccc(COc2ccc(F)cc2)o1. The smallest absolute Gasteiger partial charge is 0.287 e. The van der Waals surface area contributed by atoms with Crippen molar-refractivity contribution < 1.29 is 23.1 Å². The average molecular weight is 361 g/mol. The Kier molecular flexibility index (Phi) is 5.93. The fraction of sp³-hybridized carbons (Fsp3) is 0.450. The van der Waals surface area contributed by atoms with Crippen LogP contribution in [0.15, 0.2) is 40.8 Å². The van der Waals surface area contributed by atoms with Gasteiger partial charge in [-0.2, -0.15) is 0 Å². The minimum Gasteiger partial charge on any atom is -0.486 e. The topological polar surface area (TPSA) is 60.7 Å². The van der Waals surface area contributed by atoms with Crippen LogP contribution in [0, 0.1) is 17.7 Å². The fourth-order valence-electron chi connectivity index (χ4n) is 3.18. The lowest BCUT2D eigenvalue weighted by Crippen LogP contribution is -2.34. The molecule has 0 radical (unpaired) electrons. The van der Waals surface area contributed by atoms with E-state index in [4.69, 9.17) is 13.9 Å². The van der Waals surface area contributed by atoms with E-state index in [0.717, 1.165) is 13.0 Å². The molecule has 0 spiro atoms. The normalized spacial score (nSPS) is 19.7. The van der Waals surface area contributed by atoms with E-state index in [-0.39, 0.29) is 30.2 Å². The first kappa shape index (κ1) is 18.5. The number of benzene rings is 1. The maximum atomic E-state index is 12.9. The first-order chi connectivity index (χ1) is 12.5. The second kappa shape index (κ2) is 8.36. The van der Waals surface area contributed by atoms with Gasteiger partial charge in [-0.15, -0.1) is 0 Å². The summed E-state index contributed by atoms with van der Waals surface area (Å²) in [4.78, 5) is 12.3. The van der Waals surface area contributed by atoms with E-state index in [1.54, 1.807) is 24.3 Å². The van der Waals surface area contributed by atoms with Crippen LogP contribution in [0.3, 0.4) is 0 Å². The molecule has 26 heavy (non-hydrogen) atoms. The molecule has 2 atom stereocenters. The van der Waals surface area contributed by atoms with Crippen molar-refractivity contribution in [2.75, 3.05) is 13.2 Å². The summed E-state index contributed by atoms with van der Waals surface area (Å²) in [5.41, 5.74) is 0. The molecule has 6 heteroatoms. The molecule has 1 aromatic heterocycles. The second-order valence-corrected chi connectivity index (χ2v) is 6.85. The van der Waals surface area contributed by atoms with Crippen LogP contribution >= 0.6 is 0 Å². The average Bonchev–Trinajstić information content (AvgIpc) is 3.28. The summed E-state index contributed by atoms with van der Waals surface area (Å²) < 4.78 is 29.7. The van der Waals surface area contributed by atoms with Gasteiger partial charge >= 0.3 is 0 Å². The molecule has 0 unspecified atom stereocenters. The van der Waals surface area contributed by atoms with Crippen molar-refractivity contribution in [2.45, 2.75) is 33.0 Å². The molecule has 2 aromatic rings. The number of furan rings is 1. The zero-order chi connectivity index (χ0) is 18.5. The van der Waals surface area contributed by atoms with Gasteiger partial charge in [0.05, 0.1) is 6.10 Å². The summed E-state index contributed by atoms with van der Waals surface area (Å²) in [5.74, 6) is 1.52. The number of nitrogens with one attached hydrogen (secondary N) is 1. The number of hydrogen-bond donors (Lipinski definition) is 1. The molecule has 2 heterocycles. The van der Waals surface area contributed by atoms with Gasteiger partial charge in [-0.3, -0.25) is 4.79 Å². The molecule has 1 fully saturated rings. The Morgan fingerprint density at radius 1 is 1.27 bits per heavy atom. The van der Waals surface area contributed by atoms with E-state index in [2.05, 4.69) is 19.2 Å². The van der Waals surface area contributed by atoms with Crippen LogP contribution in [-0.4, -0.2) is 25.2 Å². The summed E-state index contributed by atoms with van der Waals surface area (Å²) in [6.07, 6.45) is 1.14. The number of ether oxygens (including phenoxy) is 2. The highest BCUT2D eigenvalue weighted by molar-refractivity contribution is 5.91. The van der Waals surface area contributed by atoms with E-state index >= 15 is 0 Å². The van der Waals surface area contributed by atoms with Gasteiger partial charge in [0.1, 0.15) is 23.9 Å². The van der Waals surface area contributed by atoms with Gasteiger partial charge in [0, 0.05) is 19.1 Å². The number of rotatable bonds is 7. The molecule has 3 rings (SSSR count). The molecule has 0 aliphatic carbocycles. The second-order valence-electron chi connectivity index (χ2n) is 6.85. The highest BCUT2D eigenvalue weighted by Gasteiger charge is 2.31. The molecule has 140 valence electrons. The van der Waals surface area contributed by atoms with Gasteiger partial charge < -0.3 is 19.2 Å². The Bertz CT molecular complexity index is 726. The van der Waals surface area contributed by atoms with Crippen LogP contribution in [0.1, 0.15) is 36.6 Å². The molecule has 0 saturated carbocycles. The summed E-state index contributed by atoms with van der Waals surface area (Å²) in [5, 5.41) is 2.92. The first-order valence-corrected chi connectivity index (χ1v) is 8.90. The zero-order valence-corrected chi connectivity index (χ0v) is 15.0. The molecular weight excluding hydrogens is 337 g/mol. The van der Waals surface area contributed by atoms with Crippen molar-refractivity contribution in [1.82, 2.24) is 5.32 Å². The van der Waals surface area contributed by atoms with Gasteiger partial charge in [-0.1, -0.05) is 13.8 Å². The van der Waals surface area contributed by atoms with Crippen LogP contribution in [0.4, 0.5) is 4.39 Å². The van der Waals surface area contributed by atoms with Crippen LogP contribution in [0.2, 0.25) is 0 Å². The molecule has 1 saturated heterocycles. The number of carbonyl (C=O) groups excluding carboxylic acids is 1. The van der Waals surface area contributed by atoms with Crippen molar-refractivity contribution in [1.29, 1.82) is 0 Å². The van der Waals surface area contributed by atoms with Crippen molar-refractivity contribution in [3.8, 4) is 5.75 Å². The van der Waals surface area contributed by atoms with Crippen LogP contribution in [0.5, 0.6) is 5.75 Å². The highest BCUT2D eigenvalue weighted by atomic mass is 19.1. The molecule has 1 aliphatic heterocycles. The lowest BCUT2D eigenvalue weighted by Gasteiger charge is -2.21. The number of halogens is 1. The quantitative estimate of drug-likeness (QED) is 0.815. The summed E-state index contributed by atoms with van der Waals surface area (Å²) in [6.45, 7) is 5.75. The Morgan fingerprint density at radius 3 is 2.77 bits per heavy atom. The molecule has 1 amide bonds. The molecule has 1 aliphatic rings. The lowest BCUT2D eigenvalue weighted by atomic mass is 9.93. The van der Waals surface area contributed by atoms with Gasteiger partial charge in [-0.05, 0) is 48.7 Å². The van der Waals surface area contributed by atoms with Crippen LogP contribution in [-0.2, 0) is 11.3 Å². The summed E-state index contributed by atoms with van der Waals surface area (Å²) in [6, 6.07) is 9.07. The van der Waals surface area contributed by atoms with Gasteiger partial charge in [-0.25, -0.2) is 4.39 Å². The Morgan fingerprint density at radius 2 is 2.04 bits per heavy atom.